The van der Waals surface area contributed by atoms with Crippen LogP contribution in [0.1, 0.15) is 39.0 Å². The summed E-state index contributed by atoms with van der Waals surface area (Å²) in [6.45, 7) is 14.1. The first kappa shape index (κ1) is 13.9. The zero-order valence-electron chi connectivity index (χ0n) is 12.0. The zero-order valence-corrected chi connectivity index (χ0v) is 12.0. The van der Waals surface area contributed by atoms with Crippen molar-refractivity contribution in [1.29, 1.82) is 0 Å². The van der Waals surface area contributed by atoms with Gasteiger partial charge in [-0.25, -0.2) is 0 Å². The minimum Gasteiger partial charge on any atom is -0.0991 e. The second-order valence-corrected chi connectivity index (χ2v) is 5.51. The summed E-state index contributed by atoms with van der Waals surface area (Å²) in [6, 6.07) is 0. The third kappa shape index (κ3) is 2.10. The highest BCUT2D eigenvalue weighted by Gasteiger charge is 2.42. The van der Waals surface area contributed by atoms with Crippen molar-refractivity contribution in [2.24, 2.45) is 5.41 Å². The maximum atomic E-state index is 4.06. The van der Waals surface area contributed by atoms with Crippen LogP contribution in [0.2, 0.25) is 0 Å². The Balaban J connectivity index is 2.59. The molecule has 0 atom stereocenters. The average Bonchev–Trinajstić information content (AvgIpc) is 2.66. The van der Waals surface area contributed by atoms with Crippen LogP contribution in [0.3, 0.4) is 0 Å². The van der Waals surface area contributed by atoms with E-state index in [1.807, 2.05) is 18.2 Å². The molecule has 0 heterocycles. The van der Waals surface area contributed by atoms with Crippen molar-refractivity contribution < 1.29 is 0 Å². The molecule has 1 saturated carbocycles. The number of rotatable bonds is 4. The Labute approximate surface area is 117 Å². The molecule has 2 aliphatic carbocycles. The smallest absolute Gasteiger partial charge is 0.0174 e. The van der Waals surface area contributed by atoms with Gasteiger partial charge in [-0.15, -0.1) is 0 Å². The van der Waals surface area contributed by atoms with Crippen LogP contribution >= 0.6 is 0 Å². The van der Waals surface area contributed by atoms with E-state index in [9.17, 15) is 0 Å². The molecule has 0 unspecified atom stereocenters. The van der Waals surface area contributed by atoms with Crippen LogP contribution in [0.5, 0.6) is 0 Å². The van der Waals surface area contributed by atoms with E-state index in [-0.39, 0.29) is 5.41 Å². The van der Waals surface area contributed by atoms with Crippen LogP contribution < -0.4 is 0 Å². The van der Waals surface area contributed by atoms with Gasteiger partial charge in [0.25, 0.3) is 0 Å². The highest BCUT2D eigenvalue weighted by molar-refractivity contribution is 5.64. The Morgan fingerprint density at radius 3 is 2.16 bits per heavy atom. The van der Waals surface area contributed by atoms with Gasteiger partial charge in [-0.2, -0.15) is 0 Å². The fourth-order valence-electron chi connectivity index (χ4n) is 3.77. The van der Waals surface area contributed by atoms with Crippen LogP contribution in [-0.4, -0.2) is 0 Å². The van der Waals surface area contributed by atoms with Crippen LogP contribution in [-0.2, 0) is 0 Å². The minimum absolute atomic E-state index is 0.227. The molecule has 0 N–H and O–H groups in total. The second-order valence-electron chi connectivity index (χ2n) is 5.51. The number of hydrogen-bond donors (Lipinski definition) is 0. The lowest BCUT2D eigenvalue weighted by Gasteiger charge is -2.37. The monoisotopic (exact) mass is 252 g/mol. The SMILES string of the molecule is C=C/C=C\C1=C(C)C2(CCCCC2)C(C=C)=C1C=C. The summed E-state index contributed by atoms with van der Waals surface area (Å²) in [7, 11) is 0. The molecular weight excluding hydrogens is 228 g/mol. The first-order valence-electron chi connectivity index (χ1n) is 7.21. The van der Waals surface area contributed by atoms with E-state index < -0.39 is 0 Å². The van der Waals surface area contributed by atoms with Crippen molar-refractivity contribution in [3.63, 3.8) is 0 Å². The highest BCUT2D eigenvalue weighted by Crippen LogP contribution is 2.56. The van der Waals surface area contributed by atoms with Crippen molar-refractivity contribution in [3.05, 3.63) is 72.4 Å². The van der Waals surface area contributed by atoms with E-state index in [0.717, 1.165) is 0 Å². The molecule has 0 saturated heterocycles. The molecule has 19 heavy (non-hydrogen) atoms. The van der Waals surface area contributed by atoms with E-state index >= 15 is 0 Å². The van der Waals surface area contributed by atoms with E-state index in [4.69, 9.17) is 0 Å². The van der Waals surface area contributed by atoms with Gasteiger partial charge in [-0.1, -0.05) is 75.0 Å². The van der Waals surface area contributed by atoms with Gasteiger partial charge in [-0.05, 0) is 36.5 Å². The zero-order chi connectivity index (χ0) is 13.9. The minimum atomic E-state index is 0.227. The average molecular weight is 252 g/mol. The van der Waals surface area contributed by atoms with Gasteiger partial charge < -0.3 is 0 Å². The van der Waals surface area contributed by atoms with Gasteiger partial charge in [0.05, 0.1) is 0 Å². The van der Waals surface area contributed by atoms with Crippen molar-refractivity contribution >= 4 is 0 Å². The summed E-state index contributed by atoms with van der Waals surface area (Å²) < 4.78 is 0. The molecule has 0 aromatic carbocycles. The summed E-state index contributed by atoms with van der Waals surface area (Å²) in [4.78, 5) is 0. The molecule has 0 amide bonds. The lowest BCUT2D eigenvalue weighted by Crippen LogP contribution is -2.25. The van der Waals surface area contributed by atoms with Crippen LogP contribution in [0.15, 0.2) is 72.4 Å². The van der Waals surface area contributed by atoms with E-state index in [1.165, 1.54) is 54.4 Å². The largest absolute Gasteiger partial charge is 0.0991 e. The summed E-state index contributed by atoms with van der Waals surface area (Å²) in [5, 5.41) is 0. The summed E-state index contributed by atoms with van der Waals surface area (Å²) in [6.07, 6.45) is 16.6. The molecule has 0 aliphatic heterocycles. The van der Waals surface area contributed by atoms with E-state index in [2.05, 4.69) is 38.8 Å². The third-order valence-corrected chi connectivity index (χ3v) is 4.73. The van der Waals surface area contributed by atoms with Crippen molar-refractivity contribution in [1.82, 2.24) is 0 Å². The maximum Gasteiger partial charge on any atom is 0.0174 e. The van der Waals surface area contributed by atoms with Gasteiger partial charge in [0.15, 0.2) is 0 Å². The Kier molecular flexibility index (Phi) is 4.09. The standard InChI is InChI=1S/C19H24/c1-5-8-12-17-15(4)19(13-10-9-11-14-19)18(7-3)16(17)6-2/h5-8,12H,1-3,9-11,13-14H2,4H3/b12-8-. The topological polar surface area (TPSA) is 0 Å². The van der Waals surface area contributed by atoms with Crippen molar-refractivity contribution in [2.75, 3.05) is 0 Å². The van der Waals surface area contributed by atoms with Gasteiger partial charge in [0, 0.05) is 5.41 Å². The van der Waals surface area contributed by atoms with E-state index in [1.54, 1.807) is 0 Å². The first-order chi connectivity index (χ1) is 9.21. The number of allylic oxidation sites excluding steroid dienone is 9. The molecule has 0 aromatic heterocycles. The molecule has 0 radical (unpaired) electrons. The fraction of sp³-hybridized carbons (Fsp3) is 0.368. The van der Waals surface area contributed by atoms with Crippen molar-refractivity contribution in [2.45, 2.75) is 39.0 Å². The molecule has 0 bridgehead atoms. The summed E-state index contributed by atoms with van der Waals surface area (Å²) in [5.74, 6) is 0. The lowest BCUT2D eigenvalue weighted by molar-refractivity contribution is 0.299. The Bertz CT molecular complexity index is 488. The molecule has 2 rings (SSSR count). The van der Waals surface area contributed by atoms with Crippen LogP contribution in [0.4, 0.5) is 0 Å². The lowest BCUT2D eigenvalue weighted by atomic mass is 9.66. The Morgan fingerprint density at radius 1 is 0.947 bits per heavy atom. The third-order valence-electron chi connectivity index (χ3n) is 4.73. The molecule has 1 spiro atoms. The molecule has 0 aromatic rings. The highest BCUT2D eigenvalue weighted by atomic mass is 14.5. The maximum absolute atomic E-state index is 4.06. The second kappa shape index (κ2) is 5.61. The van der Waals surface area contributed by atoms with Gasteiger partial charge in [-0.3, -0.25) is 0 Å². The molecule has 0 nitrogen and oxygen atoms in total. The molecule has 1 fully saturated rings. The van der Waals surface area contributed by atoms with Crippen LogP contribution in [0, 0.1) is 5.41 Å². The fourth-order valence-corrected chi connectivity index (χ4v) is 3.77. The number of hydrogen-bond acceptors (Lipinski definition) is 0. The van der Waals surface area contributed by atoms with Gasteiger partial charge >= 0.3 is 0 Å². The van der Waals surface area contributed by atoms with E-state index in [0.29, 0.717) is 0 Å². The van der Waals surface area contributed by atoms with Gasteiger partial charge in [0.1, 0.15) is 0 Å². The van der Waals surface area contributed by atoms with Crippen LogP contribution in [0.25, 0.3) is 0 Å². The molecule has 0 heteroatoms. The summed E-state index contributed by atoms with van der Waals surface area (Å²) in [5.41, 5.74) is 5.71. The quantitative estimate of drug-likeness (QED) is 0.565. The molecular formula is C19H24. The normalized spacial score (nSPS) is 22.4. The Morgan fingerprint density at radius 2 is 1.63 bits per heavy atom. The molecule has 2 aliphatic rings. The summed E-state index contributed by atoms with van der Waals surface area (Å²) >= 11 is 0. The predicted octanol–water partition coefficient (Wildman–Crippen LogP) is 5.68. The predicted molar refractivity (Wildman–Crippen MR) is 85.0 cm³/mol. The Hall–Kier alpha value is -1.56. The molecule has 100 valence electrons. The van der Waals surface area contributed by atoms with Gasteiger partial charge in [0.2, 0.25) is 0 Å². The first-order valence-corrected chi connectivity index (χ1v) is 7.21. The van der Waals surface area contributed by atoms with Crippen molar-refractivity contribution in [3.8, 4) is 0 Å².